The van der Waals surface area contributed by atoms with E-state index in [4.69, 9.17) is 14.2 Å². The molecule has 15 nitrogen and oxygen atoms in total. The van der Waals surface area contributed by atoms with Crippen molar-refractivity contribution in [1.82, 2.24) is 10.2 Å². The molecule has 44 heavy (non-hydrogen) atoms. The summed E-state index contributed by atoms with van der Waals surface area (Å²) in [4.78, 5) is 72.3. The normalized spacial score (nSPS) is 17.9. The van der Waals surface area contributed by atoms with E-state index in [-0.39, 0.29) is 42.6 Å². The summed E-state index contributed by atoms with van der Waals surface area (Å²) >= 11 is 1.12. The summed E-state index contributed by atoms with van der Waals surface area (Å²) in [5.74, 6) is -2.33. The van der Waals surface area contributed by atoms with Gasteiger partial charge in [-0.25, -0.2) is 9.59 Å². The van der Waals surface area contributed by atoms with Crippen LogP contribution in [0.15, 0.2) is 70.7 Å². The molecule has 1 fully saturated rings. The Morgan fingerprint density at radius 3 is 2.07 bits per heavy atom. The molecule has 1 saturated heterocycles. The number of rotatable bonds is 12. The van der Waals surface area contributed by atoms with Gasteiger partial charge < -0.3 is 24.4 Å². The Morgan fingerprint density at radius 2 is 1.55 bits per heavy atom. The highest BCUT2D eigenvalue weighted by Crippen LogP contribution is 2.48. The molecule has 2 aliphatic heterocycles. The van der Waals surface area contributed by atoms with Crippen LogP contribution in [0.1, 0.15) is 31.4 Å². The molecule has 2 amide bonds. The number of nitro benzene ring substituents is 2. The lowest BCUT2D eigenvalue weighted by atomic mass is 9.83. The van der Waals surface area contributed by atoms with Crippen LogP contribution in [0.5, 0.6) is 0 Å². The molecule has 0 saturated carbocycles. The summed E-state index contributed by atoms with van der Waals surface area (Å²) in [6.07, 6.45) is -0.311. The summed E-state index contributed by atoms with van der Waals surface area (Å²) in [6, 6.07) is 10.4. The highest BCUT2D eigenvalue weighted by molar-refractivity contribution is 8.05. The van der Waals surface area contributed by atoms with E-state index in [1.165, 1.54) is 73.5 Å². The van der Waals surface area contributed by atoms with Gasteiger partial charge in [0.2, 0.25) is 11.8 Å². The largest absolute Gasteiger partial charge is 0.508 e. The first kappa shape index (κ1) is 31.7. The molecule has 1 N–H and O–H groups in total. The van der Waals surface area contributed by atoms with Crippen molar-refractivity contribution in [3.05, 3.63) is 102 Å². The van der Waals surface area contributed by atoms with Crippen LogP contribution in [0.3, 0.4) is 0 Å². The molecular formula is C28H26N4O11S. The molecule has 16 heteroatoms. The zero-order valence-corrected chi connectivity index (χ0v) is 24.2. The molecule has 2 unspecified atom stereocenters. The number of nitrogens with zero attached hydrogens (tertiary/aromatic N) is 3. The monoisotopic (exact) mass is 626 g/mol. The van der Waals surface area contributed by atoms with Gasteiger partial charge in [0.1, 0.15) is 25.0 Å². The summed E-state index contributed by atoms with van der Waals surface area (Å²) in [5.41, 5.74) is 0.789. The van der Waals surface area contributed by atoms with Gasteiger partial charge in [0.15, 0.2) is 0 Å². The van der Waals surface area contributed by atoms with Crippen molar-refractivity contribution in [3.63, 3.8) is 0 Å². The molecule has 230 valence electrons. The lowest BCUT2D eigenvalue weighted by Gasteiger charge is -2.45. The van der Waals surface area contributed by atoms with Crippen molar-refractivity contribution >= 4 is 47.1 Å². The Kier molecular flexibility index (Phi) is 9.95. The van der Waals surface area contributed by atoms with E-state index in [2.05, 4.69) is 5.32 Å². The van der Waals surface area contributed by atoms with E-state index in [1.54, 1.807) is 5.41 Å². The number of fused-ring (bicyclic) bond motifs is 1. The first-order valence-electron chi connectivity index (χ1n) is 13.1. The Hall–Kier alpha value is -5.25. The number of hydrogen-bond acceptors (Lipinski definition) is 12. The fourth-order valence-electron chi connectivity index (χ4n) is 4.63. The molecule has 0 spiro atoms. The van der Waals surface area contributed by atoms with Gasteiger partial charge >= 0.3 is 12.1 Å². The third-order valence-electron chi connectivity index (χ3n) is 6.74. The van der Waals surface area contributed by atoms with Crippen LogP contribution in [-0.4, -0.2) is 50.8 Å². The van der Waals surface area contributed by atoms with Crippen molar-refractivity contribution in [2.45, 2.75) is 45.6 Å². The molecule has 0 aromatic heterocycles. The summed E-state index contributed by atoms with van der Waals surface area (Å²) in [6.45, 7) is 2.46. The van der Waals surface area contributed by atoms with Gasteiger partial charge in [-0.1, -0.05) is 11.8 Å². The van der Waals surface area contributed by atoms with E-state index in [9.17, 15) is 39.4 Å². The van der Waals surface area contributed by atoms with E-state index in [0.717, 1.165) is 11.8 Å². The quantitative estimate of drug-likeness (QED) is 0.154. The Bertz CT molecular complexity index is 1540. The maximum atomic E-state index is 13.2. The van der Waals surface area contributed by atoms with E-state index in [0.29, 0.717) is 16.0 Å². The number of β-lactam (4-membered cyclic amide) rings is 1. The third-order valence-corrected chi connectivity index (χ3v) is 7.65. The molecule has 2 aliphatic rings. The van der Waals surface area contributed by atoms with Crippen molar-refractivity contribution in [2.24, 2.45) is 5.92 Å². The van der Waals surface area contributed by atoms with Crippen LogP contribution in [0.25, 0.3) is 0 Å². The Morgan fingerprint density at radius 1 is 1.00 bits per heavy atom. The summed E-state index contributed by atoms with van der Waals surface area (Å²) < 4.78 is 15.9. The molecule has 3 atom stereocenters. The van der Waals surface area contributed by atoms with Crippen LogP contribution in [0, 0.1) is 26.1 Å². The highest BCUT2D eigenvalue weighted by Gasteiger charge is 2.58. The van der Waals surface area contributed by atoms with Gasteiger partial charge in [0, 0.05) is 48.7 Å². The standard InChI is InChI=1S/C28H26N4O11S/c1-16(43-28(36)42-15-19-5-9-21(10-6-19)32(39)40)24-22-13-23(44-12-11-29-17(2)33)25(30(22)26(24)34)27(35)41-14-18-3-7-20(8-4-18)31(37)38/h3-12,16,22,24H,13-15H2,1-2H3,(H,29,33)/t16?,22-,24?/m1/s1. The van der Waals surface area contributed by atoms with E-state index < -0.39 is 45.9 Å². The molecule has 0 bridgehead atoms. The number of nitro groups is 2. The third kappa shape index (κ3) is 7.38. The van der Waals surface area contributed by atoms with Crippen LogP contribution in [0.2, 0.25) is 0 Å². The van der Waals surface area contributed by atoms with Gasteiger partial charge in [-0.05, 0) is 47.7 Å². The average molecular weight is 627 g/mol. The predicted molar refractivity (Wildman–Crippen MR) is 153 cm³/mol. The topological polar surface area (TPSA) is 198 Å². The number of carbonyl (C=O) groups is 4. The molecule has 0 aliphatic carbocycles. The number of benzene rings is 2. The fourth-order valence-corrected chi connectivity index (χ4v) is 5.49. The minimum absolute atomic E-state index is 0.0172. The maximum absolute atomic E-state index is 13.2. The van der Waals surface area contributed by atoms with E-state index >= 15 is 0 Å². The van der Waals surface area contributed by atoms with Crippen molar-refractivity contribution in [3.8, 4) is 0 Å². The van der Waals surface area contributed by atoms with Gasteiger partial charge in [0.25, 0.3) is 11.4 Å². The van der Waals surface area contributed by atoms with Crippen LogP contribution < -0.4 is 5.32 Å². The Labute approximate surface area is 254 Å². The average Bonchev–Trinajstić information content (AvgIpc) is 3.31. The smallest absolute Gasteiger partial charge is 0.456 e. The zero-order chi connectivity index (χ0) is 32.0. The second kappa shape index (κ2) is 13.8. The number of non-ortho nitro benzene ring substituents is 2. The maximum Gasteiger partial charge on any atom is 0.508 e. The number of carbonyl (C=O) groups excluding carboxylic acids is 4. The van der Waals surface area contributed by atoms with Crippen molar-refractivity contribution in [1.29, 1.82) is 0 Å². The molecule has 0 radical (unpaired) electrons. The predicted octanol–water partition coefficient (Wildman–Crippen LogP) is 4.07. The number of thioether (sulfide) groups is 1. The molecule has 2 aromatic carbocycles. The first-order chi connectivity index (χ1) is 21.0. The van der Waals surface area contributed by atoms with Gasteiger partial charge in [-0.2, -0.15) is 0 Å². The molecule has 2 aromatic rings. The molecule has 4 rings (SSSR count). The minimum atomic E-state index is -1.04. The zero-order valence-electron chi connectivity index (χ0n) is 23.4. The van der Waals surface area contributed by atoms with Crippen LogP contribution >= 0.6 is 11.8 Å². The number of esters is 1. The number of amides is 2. The van der Waals surface area contributed by atoms with Crippen molar-refractivity contribution < 1.29 is 43.2 Å². The Balaban J connectivity index is 1.39. The fraction of sp³-hybridized carbons (Fsp3) is 0.286. The van der Waals surface area contributed by atoms with Gasteiger partial charge in [0.05, 0.1) is 21.8 Å². The first-order valence-corrected chi connectivity index (χ1v) is 14.0. The van der Waals surface area contributed by atoms with Crippen LogP contribution in [0.4, 0.5) is 16.2 Å². The molecule has 2 heterocycles. The van der Waals surface area contributed by atoms with Gasteiger partial charge in [-0.15, -0.1) is 0 Å². The highest BCUT2D eigenvalue weighted by atomic mass is 32.2. The number of nitrogens with one attached hydrogen (secondary N) is 1. The summed E-state index contributed by atoms with van der Waals surface area (Å²) in [7, 11) is 0. The second-order valence-corrected chi connectivity index (χ2v) is 10.7. The van der Waals surface area contributed by atoms with Crippen LogP contribution in [-0.2, 0) is 41.8 Å². The SMILES string of the molecule is CC(=O)NC=CSC1=C(C(=O)OCc2ccc([N+](=O)[O-])cc2)N2C(=O)C(C(C)OC(=O)OCc3ccc([N+](=O)[O-])cc3)[C@H]2C1. The van der Waals surface area contributed by atoms with Gasteiger partial charge in [-0.3, -0.25) is 29.8 Å². The number of ether oxygens (including phenoxy) is 3. The summed E-state index contributed by atoms with van der Waals surface area (Å²) in [5, 5.41) is 25.7. The minimum Gasteiger partial charge on any atom is -0.456 e. The lowest BCUT2D eigenvalue weighted by Crippen LogP contribution is -2.62. The molecular weight excluding hydrogens is 600 g/mol. The second-order valence-electron chi connectivity index (χ2n) is 9.68. The van der Waals surface area contributed by atoms with E-state index in [1.807, 2.05) is 0 Å². The lowest BCUT2D eigenvalue weighted by molar-refractivity contribution is -0.385. The van der Waals surface area contributed by atoms with Crippen molar-refractivity contribution in [2.75, 3.05) is 0 Å². The number of hydrogen-bond donors (Lipinski definition) is 1.